The Labute approximate surface area is 287 Å². The van der Waals surface area contributed by atoms with Gasteiger partial charge in [-0.25, -0.2) is 0 Å². The van der Waals surface area contributed by atoms with Crippen LogP contribution >= 0.6 is 48.0 Å². The second-order valence-electron chi connectivity index (χ2n) is 11.2. The van der Waals surface area contributed by atoms with Crippen molar-refractivity contribution >= 4 is 91.6 Å². The lowest BCUT2D eigenvalue weighted by Gasteiger charge is -2.36. The molecule has 0 atom stereocenters. The number of thiocarbonyl (C=S) groups is 2. The number of carbonyl (C=O) groups is 4. The number of anilines is 2. The molecule has 0 bridgehead atoms. The van der Waals surface area contributed by atoms with Gasteiger partial charge in [0.05, 0.1) is 9.81 Å². The van der Waals surface area contributed by atoms with Crippen molar-refractivity contribution in [2.75, 3.05) is 75.2 Å². The minimum Gasteiger partial charge on any atom is -0.368 e. The molecule has 0 unspecified atom stereocenters. The predicted octanol–water partition coefficient (Wildman–Crippen LogP) is 3.40. The molecule has 4 aliphatic heterocycles. The number of amides is 4. The van der Waals surface area contributed by atoms with E-state index in [-0.39, 0.29) is 59.4 Å². The van der Waals surface area contributed by atoms with Crippen molar-refractivity contribution in [3.63, 3.8) is 0 Å². The van der Waals surface area contributed by atoms with Gasteiger partial charge in [0.1, 0.15) is 8.64 Å². The summed E-state index contributed by atoms with van der Waals surface area (Å²) < 4.78 is 0.633. The monoisotopic (exact) mass is 694 g/mol. The van der Waals surface area contributed by atoms with Gasteiger partial charge < -0.3 is 19.6 Å². The average Bonchev–Trinajstić information content (AvgIpc) is 3.54. The summed E-state index contributed by atoms with van der Waals surface area (Å²) in [6.07, 6.45) is 0.293. The van der Waals surface area contributed by atoms with Crippen LogP contribution in [0.2, 0.25) is 0 Å². The summed E-state index contributed by atoms with van der Waals surface area (Å²) >= 11 is 13.1. The van der Waals surface area contributed by atoms with E-state index in [0.29, 0.717) is 34.8 Å². The first-order valence-corrected chi connectivity index (χ1v) is 17.7. The predicted molar refractivity (Wildman–Crippen MR) is 191 cm³/mol. The van der Waals surface area contributed by atoms with Crippen molar-refractivity contribution in [2.45, 2.75) is 12.8 Å². The highest BCUT2D eigenvalue weighted by molar-refractivity contribution is 8.29. The molecule has 2 aromatic carbocycles. The zero-order valence-corrected chi connectivity index (χ0v) is 28.5. The van der Waals surface area contributed by atoms with E-state index in [1.165, 1.54) is 9.80 Å². The van der Waals surface area contributed by atoms with Crippen LogP contribution in [0.3, 0.4) is 0 Å². The summed E-state index contributed by atoms with van der Waals surface area (Å²) in [5.74, 6) is -0.826. The van der Waals surface area contributed by atoms with E-state index in [1.807, 2.05) is 46.2 Å². The first-order chi connectivity index (χ1) is 22.3. The highest BCUT2D eigenvalue weighted by atomic mass is 32.2. The maximum Gasteiger partial charge on any atom is 0.267 e. The van der Waals surface area contributed by atoms with E-state index in [9.17, 15) is 19.2 Å². The fraction of sp³-hybridized carbons (Fsp3) is 0.375. The van der Waals surface area contributed by atoms with Gasteiger partial charge in [0.2, 0.25) is 11.8 Å². The van der Waals surface area contributed by atoms with E-state index in [0.717, 1.165) is 61.1 Å². The van der Waals surface area contributed by atoms with Gasteiger partial charge in [-0.15, -0.1) is 0 Å². The third-order valence-electron chi connectivity index (χ3n) is 8.51. The fourth-order valence-electron chi connectivity index (χ4n) is 5.89. The van der Waals surface area contributed by atoms with E-state index in [4.69, 9.17) is 24.4 Å². The molecule has 2 aromatic rings. The highest BCUT2D eigenvalue weighted by Gasteiger charge is 2.42. The Morgan fingerprint density at radius 3 is 1.26 bits per heavy atom. The minimum absolute atomic E-state index is 0.0285. The van der Waals surface area contributed by atoms with Crippen LogP contribution in [-0.4, -0.2) is 117 Å². The number of piperazine rings is 2. The molecule has 6 rings (SSSR count). The first kappa shape index (κ1) is 32.5. The van der Waals surface area contributed by atoms with Crippen LogP contribution in [0.15, 0.2) is 70.5 Å². The Balaban J connectivity index is 0.983. The summed E-state index contributed by atoms with van der Waals surface area (Å²) in [5, 5.41) is 0. The Bertz CT molecular complexity index is 1440. The van der Waals surface area contributed by atoms with Gasteiger partial charge in [0.15, 0.2) is 0 Å². The number of benzene rings is 2. The normalized spacial score (nSPS) is 20.8. The Hall–Kier alpha value is -3.46. The largest absolute Gasteiger partial charge is 0.368 e. The van der Waals surface area contributed by atoms with Gasteiger partial charge >= 0.3 is 0 Å². The van der Waals surface area contributed by atoms with Crippen LogP contribution in [0.1, 0.15) is 12.8 Å². The SMILES string of the molecule is O=C(CCN1C(=O)/C(=C2\SC(=S)N(CCC(=O)N3CCN(c4ccccc4)CC3)C2=O)SC1=S)N1CCN(c2ccccc2)CC1. The van der Waals surface area contributed by atoms with Crippen LogP contribution in [0.5, 0.6) is 0 Å². The molecular weight excluding hydrogens is 661 g/mol. The zero-order chi connectivity index (χ0) is 32.2. The molecule has 4 fully saturated rings. The molecule has 4 heterocycles. The van der Waals surface area contributed by atoms with Gasteiger partial charge in [0, 0.05) is 89.7 Å². The van der Waals surface area contributed by atoms with E-state index in [1.54, 1.807) is 0 Å². The number of carbonyl (C=O) groups excluding carboxylic acids is 4. The zero-order valence-electron chi connectivity index (χ0n) is 25.2. The fourth-order valence-corrected chi connectivity index (χ4v) is 8.66. The summed E-state index contributed by atoms with van der Waals surface area (Å²) in [6, 6.07) is 20.2. The van der Waals surface area contributed by atoms with Gasteiger partial charge in [-0.1, -0.05) is 84.4 Å². The van der Waals surface area contributed by atoms with Gasteiger partial charge in [0.25, 0.3) is 11.8 Å². The van der Waals surface area contributed by atoms with Crippen LogP contribution in [0.25, 0.3) is 0 Å². The molecule has 240 valence electrons. The maximum absolute atomic E-state index is 13.4. The van der Waals surface area contributed by atoms with Crippen LogP contribution in [0, 0.1) is 0 Å². The molecule has 46 heavy (non-hydrogen) atoms. The number of para-hydroxylation sites is 2. The average molecular weight is 695 g/mol. The molecule has 0 saturated carbocycles. The maximum atomic E-state index is 13.4. The summed E-state index contributed by atoms with van der Waals surface area (Å²) in [5.41, 5.74) is 2.28. The number of nitrogens with zero attached hydrogens (tertiary/aromatic N) is 6. The first-order valence-electron chi connectivity index (χ1n) is 15.3. The molecule has 4 amide bonds. The lowest BCUT2D eigenvalue weighted by molar-refractivity contribution is -0.133. The van der Waals surface area contributed by atoms with E-state index < -0.39 is 0 Å². The molecular formula is C32H34N6O4S4. The summed E-state index contributed by atoms with van der Waals surface area (Å²) in [6.45, 7) is 5.73. The topological polar surface area (TPSA) is 87.7 Å². The third-order valence-corrected chi connectivity index (χ3v) is 11.5. The number of hydrogen-bond donors (Lipinski definition) is 0. The molecule has 0 N–H and O–H groups in total. The van der Waals surface area contributed by atoms with Gasteiger partial charge in [-0.3, -0.25) is 29.0 Å². The van der Waals surface area contributed by atoms with Crippen molar-refractivity contribution in [1.29, 1.82) is 0 Å². The highest BCUT2D eigenvalue weighted by Crippen LogP contribution is 2.42. The Morgan fingerprint density at radius 1 is 0.565 bits per heavy atom. The van der Waals surface area contributed by atoms with Gasteiger partial charge in [-0.2, -0.15) is 0 Å². The van der Waals surface area contributed by atoms with Crippen molar-refractivity contribution in [3.8, 4) is 0 Å². The van der Waals surface area contributed by atoms with Crippen LogP contribution in [-0.2, 0) is 19.2 Å². The van der Waals surface area contributed by atoms with Crippen LogP contribution in [0.4, 0.5) is 11.4 Å². The summed E-state index contributed by atoms with van der Waals surface area (Å²) in [7, 11) is 0. The number of hydrogen-bond acceptors (Lipinski definition) is 10. The lowest BCUT2D eigenvalue weighted by Crippen LogP contribution is -2.49. The summed E-state index contributed by atoms with van der Waals surface area (Å²) in [4.78, 5) is 64.2. The Morgan fingerprint density at radius 2 is 0.913 bits per heavy atom. The second-order valence-corrected chi connectivity index (χ2v) is 14.5. The van der Waals surface area contributed by atoms with Crippen molar-refractivity contribution in [3.05, 3.63) is 70.5 Å². The van der Waals surface area contributed by atoms with E-state index in [2.05, 4.69) is 34.1 Å². The van der Waals surface area contributed by atoms with E-state index >= 15 is 0 Å². The van der Waals surface area contributed by atoms with Gasteiger partial charge in [-0.05, 0) is 24.3 Å². The quantitative estimate of drug-likeness (QED) is 0.303. The molecule has 0 radical (unpaired) electrons. The van der Waals surface area contributed by atoms with Crippen molar-refractivity contribution in [1.82, 2.24) is 19.6 Å². The number of rotatable bonds is 8. The molecule has 0 spiro atoms. The molecule has 10 nitrogen and oxygen atoms in total. The Kier molecular flexibility index (Phi) is 10.3. The van der Waals surface area contributed by atoms with Crippen LogP contribution < -0.4 is 9.80 Å². The molecule has 0 aliphatic carbocycles. The minimum atomic E-state index is -0.385. The van der Waals surface area contributed by atoms with Crippen molar-refractivity contribution in [2.24, 2.45) is 0 Å². The van der Waals surface area contributed by atoms with Crippen molar-refractivity contribution < 1.29 is 19.2 Å². The standard InChI is InChI=1S/C32H34N6O4S4/c39-25(35-19-15-33(16-20-35)23-7-3-1-4-8-23)11-13-37-29(41)27(45-31(37)43)28-30(42)38(32(44)46-28)14-12-26(40)36-21-17-34(18-22-36)24-9-5-2-6-10-24/h1-10H,11-22H2/b28-27+. The third kappa shape index (κ3) is 7.09. The molecule has 0 aromatic heterocycles. The lowest BCUT2D eigenvalue weighted by atomic mass is 10.2. The second kappa shape index (κ2) is 14.5. The molecule has 4 saturated heterocycles. The molecule has 4 aliphatic rings. The smallest absolute Gasteiger partial charge is 0.267 e. The molecule has 14 heteroatoms. The number of thioether (sulfide) groups is 2.